The number of methoxy groups -OCH3 is 1. The highest BCUT2D eigenvalue weighted by molar-refractivity contribution is 7.09. The van der Waals surface area contributed by atoms with Gasteiger partial charge in [0.05, 0.1) is 12.1 Å². The highest BCUT2D eigenvalue weighted by Crippen LogP contribution is 2.11. The van der Waals surface area contributed by atoms with E-state index in [-0.39, 0.29) is 6.04 Å². The summed E-state index contributed by atoms with van der Waals surface area (Å²) in [5.41, 5.74) is 7.20. The van der Waals surface area contributed by atoms with Crippen LogP contribution in [-0.4, -0.2) is 23.1 Å². The van der Waals surface area contributed by atoms with Crippen LogP contribution < -0.4 is 10.5 Å². The maximum absolute atomic E-state index is 6.08. The van der Waals surface area contributed by atoms with E-state index in [2.05, 4.69) is 9.97 Å². The van der Waals surface area contributed by atoms with Crippen LogP contribution in [0.5, 0.6) is 5.88 Å². The second kappa shape index (κ2) is 5.75. The lowest BCUT2D eigenvalue weighted by Crippen LogP contribution is -2.25. The third-order valence-electron chi connectivity index (χ3n) is 2.42. The Morgan fingerprint density at radius 1 is 1.35 bits per heavy atom. The summed E-state index contributed by atoms with van der Waals surface area (Å²) in [7, 11) is 1.61. The summed E-state index contributed by atoms with van der Waals surface area (Å²) >= 11 is 1.64. The molecule has 5 heteroatoms. The van der Waals surface area contributed by atoms with Gasteiger partial charge in [-0.05, 0) is 12.0 Å². The Hall–Kier alpha value is -1.46. The molecule has 2 heterocycles. The lowest BCUT2D eigenvalue weighted by atomic mass is 10.1. The largest absolute Gasteiger partial charge is 0.481 e. The summed E-state index contributed by atoms with van der Waals surface area (Å²) in [6.45, 7) is 0. The average molecular weight is 249 g/mol. The molecule has 90 valence electrons. The highest BCUT2D eigenvalue weighted by atomic mass is 32.1. The Balaban J connectivity index is 1.91. The number of rotatable bonds is 5. The smallest absolute Gasteiger partial charge is 0.212 e. The van der Waals surface area contributed by atoms with E-state index in [0.717, 1.165) is 23.4 Å². The van der Waals surface area contributed by atoms with Gasteiger partial charge in [0.25, 0.3) is 0 Å². The van der Waals surface area contributed by atoms with Gasteiger partial charge in [0, 0.05) is 36.3 Å². The third-order valence-corrected chi connectivity index (χ3v) is 3.23. The van der Waals surface area contributed by atoms with Crippen LogP contribution in [0.2, 0.25) is 0 Å². The molecule has 0 radical (unpaired) electrons. The number of ether oxygens (including phenoxy) is 1. The molecule has 0 saturated heterocycles. The number of nitrogens with zero attached hydrogens (tertiary/aromatic N) is 2. The number of hydrogen-bond donors (Lipinski definition) is 1. The molecule has 1 atom stereocenters. The van der Waals surface area contributed by atoms with Crippen molar-refractivity contribution in [3.05, 3.63) is 40.5 Å². The van der Waals surface area contributed by atoms with Gasteiger partial charge >= 0.3 is 0 Å². The molecular formula is C12H15N3OS. The highest BCUT2D eigenvalue weighted by Gasteiger charge is 2.07. The quantitative estimate of drug-likeness (QED) is 0.875. The maximum Gasteiger partial charge on any atom is 0.212 e. The summed E-state index contributed by atoms with van der Waals surface area (Å²) in [6, 6.07) is 3.93. The molecule has 0 aliphatic heterocycles. The van der Waals surface area contributed by atoms with Crippen molar-refractivity contribution < 1.29 is 4.74 Å². The number of nitrogens with two attached hydrogens (primary N) is 1. The number of thiazole rings is 1. The fraction of sp³-hybridized carbons (Fsp3) is 0.333. The zero-order valence-electron chi connectivity index (χ0n) is 9.67. The normalized spacial score (nSPS) is 12.4. The molecule has 17 heavy (non-hydrogen) atoms. The Bertz CT molecular complexity index is 441. The molecule has 0 bridgehead atoms. The Labute approximate surface area is 104 Å². The fourth-order valence-electron chi connectivity index (χ4n) is 1.61. The molecule has 2 N–H and O–H groups in total. The first-order valence-corrected chi connectivity index (χ1v) is 6.29. The zero-order valence-corrected chi connectivity index (χ0v) is 10.5. The van der Waals surface area contributed by atoms with Gasteiger partial charge in [0.1, 0.15) is 0 Å². The fourth-order valence-corrected chi connectivity index (χ4v) is 2.32. The van der Waals surface area contributed by atoms with Crippen LogP contribution in [-0.2, 0) is 12.8 Å². The van der Waals surface area contributed by atoms with Crippen LogP contribution in [0.4, 0.5) is 0 Å². The van der Waals surface area contributed by atoms with Crippen molar-refractivity contribution in [2.45, 2.75) is 18.9 Å². The second-order valence-electron chi connectivity index (χ2n) is 3.80. The number of aromatic nitrogens is 2. The van der Waals surface area contributed by atoms with Crippen LogP contribution in [0.3, 0.4) is 0 Å². The standard InChI is InChI=1S/C12H15N3OS/c1-16-11-3-2-9(8-15-11)6-10(13)7-12-14-4-5-17-12/h2-5,8,10H,6-7,13H2,1H3. The first-order valence-electron chi connectivity index (χ1n) is 5.41. The summed E-state index contributed by atoms with van der Waals surface area (Å²) in [5, 5.41) is 3.05. The van der Waals surface area contributed by atoms with E-state index in [1.165, 1.54) is 0 Å². The molecule has 0 aliphatic carbocycles. The predicted octanol–water partition coefficient (Wildman–Crippen LogP) is 1.66. The van der Waals surface area contributed by atoms with Crippen molar-refractivity contribution >= 4 is 11.3 Å². The molecule has 2 aromatic rings. The van der Waals surface area contributed by atoms with Gasteiger partial charge in [-0.2, -0.15) is 0 Å². The van der Waals surface area contributed by atoms with Crippen LogP contribution in [0.1, 0.15) is 10.6 Å². The third kappa shape index (κ3) is 3.51. The second-order valence-corrected chi connectivity index (χ2v) is 4.78. The van der Waals surface area contributed by atoms with Crippen molar-refractivity contribution in [3.8, 4) is 5.88 Å². The van der Waals surface area contributed by atoms with E-state index in [0.29, 0.717) is 5.88 Å². The lowest BCUT2D eigenvalue weighted by molar-refractivity contribution is 0.397. The van der Waals surface area contributed by atoms with Crippen molar-refractivity contribution in [3.63, 3.8) is 0 Å². The van der Waals surface area contributed by atoms with Crippen molar-refractivity contribution in [2.24, 2.45) is 5.73 Å². The number of hydrogen-bond acceptors (Lipinski definition) is 5. The van der Waals surface area contributed by atoms with E-state index in [1.54, 1.807) is 24.6 Å². The van der Waals surface area contributed by atoms with Crippen molar-refractivity contribution in [2.75, 3.05) is 7.11 Å². The molecule has 0 aromatic carbocycles. The van der Waals surface area contributed by atoms with Crippen LogP contribution in [0.15, 0.2) is 29.9 Å². The SMILES string of the molecule is COc1ccc(CC(N)Cc2nccs2)cn1. The molecule has 0 amide bonds. The van der Waals surface area contributed by atoms with Crippen molar-refractivity contribution in [1.82, 2.24) is 9.97 Å². The summed E-state index contributed by atoms with van der Waals surface area (Å²) in [5.74, 6) is 0.627. The summed E-state index contributed by atoms with van der Waals surface area (Å²) in [4.78, 5) is 8.38. The predicted molar refractivity (Wildman–Crippen MR) is 68.3 cm³/mol. The minimum absolute atomic E-state index is 0.0799. The van der Waals surface area contributed by atoms with E-state index in [9.17, 15) is 0 Å². The molecule has 4 nitrogen and oxygen atoms in total. The van der Waals surface area contributed by atoms with E-state index >= 15 is 0 Å². The molecule has 0 aliphatic rings. The topological polar surface area (TPSA) is 61.0 Å². The first kappa shape index (κ1) is 12.0. The minimum Gasteiger partial charge on any atom is -0.481 e. The Morgan fingerprint density at radius 2 is 2.24 bits per heavy atom. The van der Waals surface area contributed by atoms with Crippen molar-refractivity contribution in [1.29, 1.82) is 0 Å². The Kier molecular flexibility index (Phi) is 4.06. The number of pyridine rings is 1. The molecule has 2 aromatic heterocycles. The molecule has 1 unspecified atom stereocenters. The van der Waals surface area contributed by atoms with Gasteiger partial charge in [0.2, 0.25) is 5.88 Å². The van der Waals surface area contributed by atoms with Gasteiger partial charge in [0.15, 0.2) is 0 Å². The monoisotopic (exact) mass is 249 g/mol. The minimum atomic E-state index is 0.0799. The van der Waals surface area contributed by atoms with Gasteiger partial charge in [-0.25, -0.2) is 9.97 Å². The molecule has 0 spiro atoms. The van der Waals surface area contributed by atoms with Crippen LogP contribution >= 0.6 is 11.3 Å². The van der Waals surface area contributed by atoms with Gasteiger partial charge in [-0.15, -0.1) is 11.3 Å². The maximum atomic E-state index is 6.08. The van der Waals surface area contributed by atoms with Gasteiger partial charge in [-0.1, -0.05) is 6.07 Å². The summed E-state index contributed by atoms with van der Waals surface area (Å²) < 4.78 is 5.01. The zero-order chi connectivity index (χ0) is 12.1. The average Bonchev–Trinajstić information content (AvgIpc) is 2.82. The molecular weight excluding hydrogens is 234 g/mol. The van der Waals surface area contributed by atoms with Gasteiger partial charge < -0.3 is 10.5 Å². The Morgan fingerprint density at radius 3 is 2.82 bits per heavy atom. The van der Waals surface area contributed by atoms with Crippen LogP contribution in [0, 0.1) is 0 Å². The lowest BCUT2D eigenvalue weighted by Gasteiger charge is -2.09. The van der Waals surface area contributed by atoms with E-state index < -0.39 is 0 Å². The molecule has 0 saturated carbocycles. The van der Waals surface area contributed by atoms with E-state index in [1.807, 2.05) is 23.7 Å². The molecule has 0 fully saturated rings. The van der Waals surface area contributed by atoms with E-state index in [4.69, 9.17) is 10.5 Å². The molecule has 2 rings (SSSR count). The first-order chi connectivity index (χ1) is 8.28. The van der Waals surface area contributed by atoms with Gasteiger partial charge in [-0.3, -0.25) is 0 Å². The van der Waals surface area contributed by atoms with Crippen LogP contribution in [0.25, 0.3) is 0 Å². The summed E-state index contributed by atoms with van der Waals surface area (Å²) in [6.07, 6.45) is 5.22.